The van der Waals surface area contributed by atoms with Crippen molar-refractivity contribution >= 4 is 26.6 Å². The lowest BCUT2D eigenvalue weighted by atomic mass is 10.1. The molecule has 0 radical (unpaired) electrons. The Kier molecular flexibility index (Phi) is 3.35. The zero-order chi connectivity index (χ0) is 10.0. The number of anilines is 1. The predicted octanol–water partition coefficient (Wildman–Crippen LogP) is 1.77. The Morgan fingerprint density at radius 3 is 2.54 bits per heavy atom. The van der Waals surface area contributed by atoms with Gasteiger partial charge in [-0.15, -0.1) is 0 Å². The fourth-order valence-corrected chi connectivity index (χ4v) is 2.52. The van der Waals surface area contributed by atoms with E-state index in [-0.39, 0.29) is 0 Å². The highest BCUT2D eigenvalue weighted by Crippen LogP contribution is 2.28. The standard InChI is InChI=1S/C8H11NO2S2/c1-5-4-8(12-13(10)11)6(2)3-7(5)9/h3-4H,9H2,1-2H3,(H,10,11)/p-1. The first kappa shape index (κ1) is 10.6. The smallest absolute Gasteiger partial charge is 0.0347 e. The summed E-state index contributed by atoms with van der Waals surface area (Å²) in [6, 6.07) is 3.57. The van der Waals surface area contributed by atoms with Gasteiger partial charge in [-0.2, -0.15) is 0 Å². The highest BCUT2D eigenvalue weighted by molar-refractivity contribution is 8.67. The van der Waals surface area contributed by atoms with Crippen LogP contribution < -0.4 is 5.73 Å². The summed E-state index contributed by atoms with van der Waals surface area (Å²) in [7, 11) is -1.31. The molecule has 0 aliphatic rings. The van der Waals surface area contributed by atoms with E-state index >= 15 is 0 Å². The minimum atomic E-state index is -2.12. The lowest BCUT2D eigenvalue weighted by molar-refractivity contribution is 0.553. The first-order valence-electron chi connectivity index (χ1n) is 3.65. The van der Waals surface area contributed by atoms with E-state index in [2.05, 4.69) is 0 Å². The third kappa shape index (κ3) is 2.72. The molecule has 1 aromatic carbocycles. The molecule has 1 atom stereocenters. The summed E-state index contributed by atoms with van der Waals surface area (Å²) in [5.74, 6) is 0. The number of nitrogens with two attached hydrogens (primary N) is 1. The molecule has 0 saturated carbocycles. The minimum Gasteiger partial charge on any atom is -0.763 e. The van der Waals surface area contributed by atoms with E-state index < -0.39 is 10.1 Å². The van der Waals surface area contributed by atoms with Gasteiger partial charge in [-0.25, -0.2) is 0 Å². The molecule has 2 N–H and O–H groups in total. The second kappa shape index (κ2) is 4.13. The van der Waals surface area contributed by atoms with Gasteiger partial charge in [0.25, 0.3) is 0 Å². The summed E-state index contributed by atoms with van der Waals surface area (Å²) < 4.78 is 20.9. The fraction of sp³-hybridized carbons (Fsp3) is 0.250. The number of rotatable bonds is 2. The van der Waals surface area contributed by atoms with Gasteiger partial charge in [-0.3, -0.25) is 4.21 Å². The van der Waals surface area contributed by atoms with Crippen LogP contribution in [0.5, 0.6) is 0 Å². The number of aryl methyl sites for hydroxylation is 2. The maximum absolute atomic E-state index is 10.4. The summed E-state index contributed by atoms with van der Waals surface area (Å²) in [4.78, 5) is 0.736. The van der Waals surface area contributed by atoms with Crippen molar-refractivity contribution in [2.75, 3.05) is 5.73 Å². The van der Waals surface area contributed by atoms with Gasteiger partial charge in [-0.05, 0) is 47.9 Å². The fourth-order valence-electron chi connectivity index (χ4n) is 0.975. The third-order valence-corrected chi connectivity index (χ3v) is 3.42. The number of hydrogen-bond acceptors (Lipinski definition) is 4. The minimum absolute atomic E-state index is 0.693. The van der Waals surface area contributed by atoms with Crippen LogP contribution in [0.2, 0.25) is 0 Å². The second-order valence-electron chi connectivity index (χ2n) is 2.76. The predicted molar refractivity (Wildman–Crippen MR) is 55.1 cm³/mol. The monoisotopic (exact) mass is 216 g/mol. The van der Waals surface area contributed by atoms with Crippen LogP contribution >= 0.6 is 10.8 Å². The van der Waals surface area contributed by atoms with E-state index in [4.69, 9.17) is 5.73 Å². The molecule has 1 rings (SSSR count). The van der Waals surface area contributed by atoms with E-state index in [0.717, 1.165) is 26.8 Å². The summed E-state index contributed by atoms with van der Waals surface area (Å²) in [6.45, 7) is 3.69. The highest BCUT2D eigenvalue weighted by atomic mass is 33.1. The Hall–Kier alpha value is -0.520. The molecule has 0 heterocycles. The molecule has 0 amide bonds. The Labute approximate surface area is 83.4 Å². The van der Waals surface area contributed by atoms with E-state index in [1.54, 1.807) is 12.1 Å². The molecule has 0 spiro atoms. The molecule has 5 heteroatoms. The number of benzene rings is 1. The zero-order valence-corrected chi connectivity index (χ0v) is 9.00. The summed E-state index contributed by atoms with van der Waals surface area (Å²) in [5, 5.41) is 0. The Balaban J connectivity index is 3.08. The SMILES string of the molecule is Cc1cc(SS(=O)[O-])c(C)cc1N. The summed E-state index contributed by atoms with van der Waals surface area (Å²) in [6.07, 6.45) is 0. The van der Waals surface area contributed by atoms with Crippen molar-refractivity contribution < 1.29 is 8.76 Å². The van der Waals surface area contributed by atoms with Crippen molar-refractivity contribution in [2.45, 2.75) is 18.7 Å². The maximum atomic E-state index is 10.4. The van der Waals surface area contributed by atoms with Gasteiger partial charge in [0.05, 0.1) is 0 Å². The number of hydrogen-bond donors (Lipinski definition) is 1. The summed E-state index contributed by atoms with van der Waals surface area (Å²) >= 11 is 0. The van der Waals surface area contributed by atoms with Crippen LogP contribution in [0.4, 0.5) is 5.69 Å². The van der Waals surface area contributed by atoms with E-state index in [1.165, 1.54) is 0 Å². The van der Waals surface area contributed by atoms with Crippen molar-refractivity contribution in [3.63, 3.8) is 0 Å². The lowest BCUT2D eigenvalue weighted by Crippen LogP contribution is -1.92. The van der Waals surface area contributed by atoms with Gasteiger partial charge in [0.1, 0.15) is 0 Å². The van der Waals surface area contributed by atoms with Crippen LogP contribution in [0, 0.1) is 13.8 Å². The van der Waals surface area contributed by atoms with Crippen LogP contribution in [0.3, 0.4) is 0 Å². The molecule has 0 bridgehead atoms. The summed E-state index contributed by atoms with van der Waals surface area (Å²) in [5.41, 5.74) is 8.14. The molecular weight excluding hydrogens is 206 g/mol. The third-order valence-electron chi connectivity index (χ3n) is 1.72. The van der Waals surface area contributed by atoms with Gasteiger partial charge in [0, 0.05) is 20.7 Å². The molecule has 3 nitrogen and oxygen atoms in total. The van der Waals surface area contributed by atoms with Crippen molar-refractivity contribution in [2.24, 2.45) is 0 Å². The Bertz CT molecular complexity index is 352. The van der Waals surface area contributed by atoms with Crippen molar-refractivity contribution in [1.29, 1.82) is 0 Å². The normalized spacial score (nSPS) is 12.8. The van der Waals surface area contributed by atoms with E-state index in [9.17, 15) is 8.76 Å². The van der Waals surface area contributed by atoms with E-state index in [0.29, 0.717) is 5.69 Å². The van der Waals surface area contributed by atoms with Crippen molar-refractivity contribution in [1.82, 2.24) is 0 Å². The maximum Gasteiger partial charge on any atom is 0.0347 e. The van der Waals surface area contributed by atoms with Gasteiger partial charge >= 0.3 is 0 Å². The molecule has 72 valence electrons. The molecule has 13 heavy (non-hydrogen) atoms. The second-order valence-corrected chi connectivity index (χ2v) is 5.09. The molecule has 0 saturated heterocycles. The van der Waals surface area contributed by atoms with Crippen LogP contribution in [0.1, 0.15) is 11.1 Å². The lowest BCUT2D eigenvalue weighted by Gasteiger charge is -2.09. The highest BCUT2D eigenvalue weighted by Gasteiger charge is 2.02. The van der Waals surface area contributed by atoms with Gasteiger partial charge in [-0.1, -0.05) is 0 Å². The van der Waals surface area contributed by atoms with Gasteiger partial charge in [0.2, 0.25) is 0 Å². The average Bonchev–Trinajstić information content (AvgIpc) is 1.99. The first-order valence-corrected chi connectivity index (χ1v) is 6.06. The average molecular weight is 216 g/mol. The van der Waals surface area contributed by atoms with Crippen LogP contribution in [-0.4, -0.2) is 8.76 Å². The van der Waals surface area contributed by atoms with Crippen LogP contribution in [0.25, 0.3) is 0 Å². The van der Waals surface area contributed by atoms with Crippen molar-refractivity contribution in [3.8, 4) is 0 Å². The molecule has 0 fully saturated rings. The quantitative estimate of drug-likeness (QED) is 0.465. The topological polar surface area (TPSA) is 66.1 Å². The first-order chi connectivity index (χ1) is 6.00. The van der Waals surface area contributed by atoms with Gasteiger partial charge in [0.15, 0.2) is 0 Å². The number of nitrogen functional groups attached to an aromatic ring is 1. The van der Waals surface area contributed by atoms with E-state index in [1.807, 2.05) is 13.8 Å². The molecular formula is C8H10NO2S2-. The molecule has 0 aromatic heterocycles. The van der Waals surface area contributed by atoms with Crippen LogP contribution in [0.15, 0.2) is 17.0 Å². The Morgan fingerprint density at radius 1 is 1.38 bits per heavy atom. The molecule has 1 unspecified atom stereocenters. The van der Waals surface area contributed by atoms with Crippen molar-refractivity contribution in [3.05, 3.63) is 23.3 Å². The Morgan fingerprint density at radius 2 is 2.00 bits per heavy atom. The molecule has 1 aromatic rings. The molecule has 0 aliphatic heterocycles. The van der Waals surface area contributed by atoms with Crippen LogP contribution in [-0.2, 0) is 10.1 Å². The molecule has 0 aliphatic carbocycles. The van der Waals surface area contributed by atoms with Gasteiger partial charge < -0.3 is 10.3 Å². The zero-order valence-electron chi connectivity index (χ0n) is 7.37. The largest absolute Gasteiger partial charge is 0.763 e.